The molecule has 0 atom stereocenters. The van der Waals surface area contributed by atoms with Gasteiger partial charge in [-0.05, 0) is 51.3 Å². The average molecular weight is 550 g/mol. The number of nitrogens with one attached hydrogen (secondary N) is 1. The van der Waals surface area contributed by atoms with E-state index in [0.717, 1.165) is 16.9 Å². The Labute approximate surface area is 233 Å². The Balaban J connectivity index is 1.44. The van der Waals surface area contributed by atoms with Crippen LogP contribution in [-0.4, -0.2) is 87.1 Å². The Kier molecular flexibility index (Phi) is 7.26. The fourth-order valence-electron chi connectivity index (χ4n) is 5.24. The smallest absolute Gasteiger partial charge is 0.410 e. The van der Waals surface area contributed by atoms with Crippen LogP contribution in [0.2, 0.25) is 0 Å². The van der Waals surface area contributed by atoms with E-state index in [1.165, 1.54) is 7.11 Å². The van der Waals surface area contributed by atoms with Crippen molar-refractivity contribution in [3.05, 3.63) is 48.4 Å². The standard InChI is InChI=1S/C28H35N7O5/c1-27(2,3)40-26(37)33-11-9-28(10-12-33)18-34(25(36)35(28)17-19-7-6-8-21(13-19)38-4)24-29-16-22(23(32-24)39-5)20-14-30-31-15-20/h6-8,13-16H,9-12,17-18H2,1-5H3,(H,30,31). The number of likely N-dealkylation sites (tertiary alicyclic amines) is 1. The van der Waals surface area contributed by atoms with E-state index in [2.05, 4.69) is 20.2 Å². The zero-order valence-corrected chi connectivity index (χ0v) is 23.5. The molecule has 2 saturated heterocycles. The Morgan fingerprint density at radius 1 is 1.12 bits per heavy atom. The molecule has 0 radical (unpaired) electrons. The van der Waals surface area contributed by atoms with Crippen LogP contribution in [0.15, 0.2) is 42.9 Å². The third-order valence-corrected chi connectivity index (χ3v) is 7.29. The molecule has 40 heavy (non-hydrogen) atoms. The molecule has 1 N–H and O–H groups in total. The summed E-state index contributed by atoms with van der Waals surface area (Å²) in [5.41, 5.74) is 1.28. The number of rotatable bonds is 6. The molecule has 12 nitrogen and oxygen atoms in total. The maximum atomic E-state index is 14.0. The van der Waals surface area contributed by atoms with Crippen molar-refractivity contribution in [1.82, 2.24) is 30.0 Å². The monoisotopic (exact) mass is 549 g/mol. The van der Waals surface area contributed by atoms with Crippen LogP contribution in [0.1, 0.15) is 39.2 Å². The number of aromatic amines is 1. The van der Waals surface area contributed by atoms with E-state index < -0.39 is 11.1 Å². The van der Waals surface area contributed by atoms with Gasteiger partial charge >= 0.3 is 12.1 Å². The number of methoxy groups -OCH3 is 2. The van der Waals surface area contributed by atoms with Gasteiger partial charge in [0.05, 0.1) is 38.1 Å². The Bertz CT molecular complexity index is 1360. The topological polar surface area (TPSA) is 126 Å². The van der Waals surface area contributed by atoms with E-state index in [-0.39, 0.29) is 18.1 Å². The van der Waals surface area contributed by atoms with Gasteiger partial charge in [0.15, 0.2) is 0 Å². The second-order valence-electron chi connectivity index (χ2n) is 11.1. The van der Waals surface area contributed by atoms with Crippen LogP contribution in [0.3, 0.4) is 0 Å². The van der Waals surface area contributed by atoms with E-state index in [1.54, 1.807) is 35.5 Å². The number of urea groups is 1. The number of aromatic nitrogens is 4. The number of piperidine rings is 1. The predicted octanol–water partition coefficient (Wildman–Crippen LogP) is 4.10. The number of carbonyl (C=O) groups is 2. The number of ether oxygens (including phenoxy) is 3. The minimum Gasteiger partial charge on any atom is -0.497 e. The van der Waals surface area contributed by atoms with Gasteiger partial charge in [0.25, 0.3) is 0 Å². The van der Waals surface area contributed by atoms with Gasteiger partial charge in [-0.15, -0.1) is 0 Å². The van der Waals surface area contributed by atoms with Crippen molar-refractivity contribution in [2.75, 3.05) is 38.8 Å². The molecule has 0 aliphatic carbocycles. The first-order chi connectivity index (χ1) is 19.1. The number of hydrogen-bond acceptors (Lipinski definition) is 8. The second kappa shape index (κ2) is 10.7. The molecule has 2 aromatic heterocycles. The summed E-state index contributed by atoms with van der Waals surface area (Å²) >= 11 is 0. The fraction of sp³-hybridized carbons (Fsp3) is 0.464. The number of H-pyrrole nitrogens is 1. The number of carbonyl (C=O) groups excluding carboxylic acids is 2. The first kappa shape index (κ1) is 27.2. The van der Waals surface area contributed by atoms with Gasteiger partial charge < -0.3 is 24.0 Å². The molecule has 12 heteroatoms. The normalized spacial score (nSPS) is 16.9. The molecule has 212 valence electrons. The molecule has 0 unspecified atom stereocenters. The Hall–Kier alpha value is -4.35. The molecule has 0 bridgehead atoms. The Morgan fingerprint density at radius 2 is 1.90 bits per heavy atom. The summed E-state index contributed by atoms with van der Waals surface area (Å²) in [6.07, 6.45) is 5.86. The summed E-state index contributed by atoms with van der Waals surface area (Å²) < 4.78 is 16.6. The molecule has 2 fully saturated rings. The molecule has 2 aliphatic heterocycles. The highest BCUT2D eigenvalue weighted by molar-refractivity contribution is 5.94. The summed E-state index contributed by atoms with van der Waals surface area (Å²) in [4.78, 5) is 41.2. The van der Waals surface area contributed by atoms with Gasteiger partial charge in [-0.25, -0.2) is 14.6 Å². The summed E-state index contributed by atoms with van der Waals surface area (Å²) in [5.74, 6) is 1.33. The molecular formula is C28H35N7O5. The lowest BCUT2D eigenvalue weighted by atomic mass is 9.86. The minimum absolute atomic E-state index is 0.202. The molecule has 4 heterocycles. The minimum atomic E-state index is -0.580. The van der Waals surface area contributed by atoms with Crippen molar-refractivity contribution in [3.63, 3.8) is 0 Å². The summed E-state index contributed by atoms with van der Waals surface area (Å²) in [6.45, 7) is 7.25. The van der Waals surface area contributed by atoms with Crippen LogP contribution in [0, 0.1) is 0 Å². The first-order valence-electron chi connectivity index (χ1n) is 13.2. The lowest BCUT2D eigenvalue weighted by molar-refractivity contribution is 0.00785. The molecule has 0 saturated carbocycles. The number of hydrogen-bond donors (Lipinski definition) is 1. The van der Waals surface area contributed by atoms with Crippen LogP contribution >= 0.6 is 0 Å². The quantitative estimate of drug-likeness (QED) is 0.487. The van der Waals surface area contributed by atoms with E-state index in [1.807, 2.05) is 49.9 Å². The maximum Gasteiger partial charge on any atom is 0.410 e. The third kappa shape index (κ3) is 5.38. The van der Waals surface area contributed by atoms with Crippen molar-refractivity contribution in [2.45, 2.75) is 51.3 Å². The predicted molar refractivity (Wildman–Crippen MR) is 147 cm³/mol. The SMILES string of the molecule is COc1cccc(CN2C(=O)N(c3ncc(-c4cn[nH]c4)c(OC)n3)CC23CCN(C(=O)OC(C)(C)C)CC3)c1. The van der Waals surface area contributed by atoms with E-state index in [0.29, 0.717) is 50.5 Å². The highest BCUT2D eigenvalue weighted by Crippen LogP contribution is 2.40. The van der Waals surface area contributed by atoms with Gasteiger partial charge in [-0.2, -0.15) is 10.1 Å². The van der Waals surface area contributed by atoms with Crippen molar-refractivity contribution >= 4 is 18.1 Å². The molecule has 5 rings (SSSR count). The lowest BCUT2D eigenvalue weighted by Crippen LogP contribution is -2.55. The van der Waals surface area contributed by atoms with Crippen LogP contribution < -0.4 is 14.4 Å². The van der Waals surface area contributed by atoms with E-state index in [9.17, 15) is 9.59 Å². The van der Waals surface area contributed by atoms with Crippen molar-refractivity contribution in [3.8, 4) is 22.8 Å². The number of amides is 3. The summed E-state index contributed by atoms with van der Waals surface area (Å²) in [6, 6.07) is 7.48. The third-order valence-electron chi connectivity index (χ3n) is 7.29. The molecule has 3 amide bonds. The van der Waals surface area contributed by atoms with Crippen molar-refractivity contribution in [2.24, 2.45) is 0 Å². The zero-order chi connectivity index (χ0) is 28.5. The number of benzene rings is 1. The highest BCUT2D eigenvalue weighted by Gasteiger charge is 2.52. The van der Waals surface area contributed by atoms with E-state index >= 15 is 0 Å². The molecule has 1 spiro atoms. The molecule has 3 aromatic rings. The van der Waals surface area contributed by atoms with Gasteiger partial charge in [0.2, 0.25) is 11.8 Å². The molecule has 1 aromatic carbocycles. The van der Waals surface area contributed by atoms with Crippen LogP contribution in [-0.2, 0) is 11.3 Å². The van der Waals surface area contributed by atoms with Crippen LogP contribution in [0.25, 0.3) is 11.1 Å². The van der Waals surface area contributed by atoms with Crippen molar-refractivity contribution in [1.29, 1.82) is 0 Å². The van der Waals surface area contributed by atoms with Gasteiger partial charge in [0, 0.05) is 37.6 Å². The first-order valence-corrected chi connectivity index (χ1v) is 13.2. The average Bonchev–Trinajstić information content (AvgIpc) is 3.56. The second-order valence-corrected chi connectivity index (χ2v) is 11.1. The highest BCUT2D eigenvalue weighted by atomic mass is 16.6. The lowest BCUT2D eigenvalue weighted by Gasteiger charge is -2.43. The Morgan fingerprint density at radius 3 is 2.55 bits per heavy atom. The summed E-state index contributed by atoms with van der Waals surface area (Å²) in [5, 5.41) is 6.77. The molecular weight excluding hydrogens is 514 g/mol. The maximum absolute atomic E-state index is 14.0. The largest absolute Gasteiger partial charge is 0.497 e. The molecule has 2 aliphatic rings. The number of anilines is 1. The van der Waals surface area contributed by atoms with Gasteiger partial charge in [-0.3, -0.25) is 10.00 Å². The fourth-order valence-corrected chi connectivity index (χ4v) is 5.24. The van der Waals surface area contributed by atoms with Crippen LogP contribution in [0.4, 0.5) is 15.5 Å². The van der Waals surface area contributed by atoms with Gasteiger partial charge in [0.1, 0.15) is 11.4 Å². The van der Waals surface area contributed by atoms with Crippen LogP contribution in [0.5, 0.6) is 11.6 Å². The van der Waals surface area contributed by atoms with E-state index in [4.69, 9.17) is 14.2 Å². The number of nitrogens with zero attached hydrogens (tertiary/aromatic N) is 6. The van der Waals surface area contributed by atoms with Gasteiger partial charge in [-0.1, -0.05) is 12.1 Å². The summed E-state index contributed by atoms with van der Waals surface area (Å²) in [7, 11) is 3.15. The zero-order valence-electron chi connectivity index (χ0n) is 23.5. The van der Waals surface area contributed by atoms with Crippen molar-refractivity contribution < 1.29 is 23.8 Å².